The lowest BCUT2D eigenvalue weighted by atomic mass is 9.99. The monoisotopic (exact) mass is 417 g/mol. The van der Waals surface area contributed by atoms with Gasteiger partial charge >= 0.3 is 0 Å². The maximum atomic E-state index is 13.1. The smallest absolute Gasteiger partial charge is 0.300 e. The van der Waals surface area contributed by atoms with Gasteiger partial charge in [0.2, 0.25) is 0 Å². The van der Waals surface area contributed by atoms with Gasteiger partial charge in [-0.05, 0) is 55.3 Å². The maximum Gasteiger partial charge on any atom is 0.300 e. The van der Waals surface area contributed by atoms with E-state index in [9.17, 15) is 14.7 Å². The van der Waals surface area contributed by atoms with Crippen molar-refractivity contribution in [2.24, 2.45) is 0 Å². The predicted octanol–water partition coefficient (Wildman–Crippen LogP) is 4.79. The highest BCUT2D eigenvalue weighted by Crippen LogP contribution is 2.42. The number of carbonyl (C=O) groups is 2. The highest BCUT2D eigenvalue weighted by Gasteiger charge is 2.48. The zero-order valence-corrected chi connectivity index (χ0v) is 17.6. The number of furan rings is 1. The summed E-state index contributed by atoms with van der Waals surface area (Å²) in [5, 5.41) is 11.1. The number of methoxy groups -OCH3 is 1. The third kappa shape index (κ3) is 3.61. The topological polar surface area (TPSA) is 80.0 Å². The minimum absolute atomic E-state index is 0.0211. The number of hydrogen-bond acceptors (Lipinski definition) is 5. The summed E-state index contributed by atoms with van der Waals surface area (Å²) in [4.78, 5) is 27.6. The van der Waals surface area contributed by atoms with Crippen LogP contribution in [0.15, 0.2) is 70.7 Å². The Balaban J connectivity index is 1.90. The summed E-state index contributed by atoms with van der Waals surface area (Å²) in [6.45, 7) is 3.83. The summed E-state index contributed by atoms with van der Waals surface area (Å²) in [5.41, 5.74) is 2.03. The quantitative estimate of drug-likeness (QED) is 0.367. The van der Waals surface area contributed by atoms with Crippen LogP contribution in [0.4, 0.5) is 5.69 Å². The van der Waals surface area contributed by atoms with E-state index in [0.717, 1.165) is 12.0 Å². The van der Waals surface area contributed by atoms with Crippen molar-refractivity contribution in [2.75, 3.05) is 12.0 Å². The summed E-state index contributed by atoms with van der Waals surface area (Å²) in [6, 6.07) is 16.8. The fourth-order valence-electron chi connectivity index (χ4n) is 3.79. The minimum atomic E-state index is -0.882. The lowest BCUT2D eigenvalue weighted by molar-refractivity contribution is -0.132. The van der Waals surface area contributed by atoms with E-state index in [1.54, 1.807) is 55.5 Å². The fourth-order valence-corrected chi connectivity index (χ4v) is 3.79. The number of aryl methyl sites for hydroxylation is 2. The first kappa shape index (κ1) is 20.5. The summed E-state index contributed by atoms with van der Waals surface area (Å²) in [7, 11) is 1.52. The number of carbonyl (C=O) groups excluding carboxylic acids is 2. The van der Waals surface area contributed by atoms with E-state index in [1.807, 2.05) is 19.1 Å². The number of benzene rings is 2. The molecule has 2 heterocycles. The number of anilines is 1. The number of nitrogens with zero attached hydrogens (tertiary/aromatic N) is 1. The number of aliphatic hydroxyl groups excluding tert-OH is 1. The molecule has 4 rings (SSSR count). The summed E-state index contributed by atoms with van der Waals surface area (Å²) < 4.78 is 11.0. The molecule has 1 N–H and O–H groups in total. The van der Waals surface area contributed by atoms with E-state index < -0.39 is 17.7 Å². The van der Waals surface area contributed by atoms with Crippen LogP contribution in [-0.2, 0) is 16.0 Å². The van der Waals surface area contributed by atoms with Crippen LogP contribution in [0.2, 0.25) is 0 Å². The van der Waals surface area contributed by atoms with Crippen LogP contribution in [-0.4, -0.2) is 23.9 Å². The molecule has 0 radical (unpaired) electrons. The Morgan fingerprint density at radius 3 is 2.45 bits per heavy atom. The van der Waals surface area contributed by atoms with Crippen LogP contribution in [0.5, 0.6) is 5.75 Å². The van der Waals surface area contributed by atoms with E-state index in [4.69, 9.17) is 9.15 Å². The summed E-state index contributed by atoms with van der Waals surface area (Å²) in [6.07, 6.45) is 0.857. The number of amides is 1. The number of aliphatic hydroxyl groups is 1. The molecular weight excluding hydrogens is 394 g/mol. The lowest BCUT2D eigenvalue weighted by Crippen LogP contribution is -2.29. The van der Waals surface area contributed by atoms with Crippen molar-refractivity contribution in [1.82, 2.24) is 0 Å². The van der Waals surface area contributed by atoms with E-state index >= 15 is 0 Å². The van der Waals surface area contributed by atoms with Crippen molar-refractivity contribution >= 4 is 23.1 Å². The first-order valence-corrected chi connectivity index (χ1v) is 10.0. The summed E-state index contributed by atoms with van der Waals surface area (Å²) >= 11 is 0. The predicted molar refractivity (Wildman–Crippen MR) is 117 cm³/mol. The molecule has 1 aromatic heterocycles. The van der Waals surface area contributed by atoms with Gasteiger partial charge in [-0.1, -0.05) is 31.2 Å². The van der Waals surface area contributed by atoms with Gasteiger partial charge < -0.3 is 14.3 Å². The van der Waals surface area contributed by atoms with Crippen LogP contribution < -0.4 is 9.64 Å². The molecule has 3 aromatic rings. The molecule has 2 aromatic carbocycles. The van der Waals surface area contributed by atoms with Gasteiger partial charge in [0.25, 0.3) is 11.7 Å². The Kier molecular flexibility index (Phi) is 5.38. The average Bonchev–Trinajstić information content (AvgIpc) is 3.34. The molecule has 1 aliphatic rings. The van der Waals surface area contributed by atoms with Crippen LogP contribution in [0.3, 0.4) is 0 Å². The van der Waals surface area contributed by atoms with Gasteiger partial charge in [-0.3, -0.25) is 14.5 Å². The van der Waals surface area contributed by atoms with Gasteiger partial charge in [-0.15, -0.1) is 0 Å². The first-order chi connectivity index (χ1) is 14.9. The van der Waals surface area contributed by atoms with E-state index in [-0.39, 0.29) is 11.3 Å². The number of Topliss-reactive ketones (excluding diaryl/α,β-unsaturated/α-hetero) is 1. The van der Waals surface area contributed by atoms with Crippen molar-refractivity contribution < 1.29 is 23.8 Å². The molecule has 6 heteroatoms. The normalized spacial score (nSPS) is 17.9. The zero-order chi connectivity index (χ0) is 22.1. The maximum absolute atomic E-state index is 13.1. The minimum Gasteiger partial charge on any atom is -0.507 e. The second kappa shape index (κ2) is 8.14. The Hall–Kier alpha value is -3.80. The van der Waals surface area contributed by atoms with Gasteiger partial charge in [0.15, 0.2) is 0 Å². The SMILES string of the molecule is CCc1ccc(N2C(=O)C(=O)/C(=C(\O)c3cccc(OC)c3)C2c2ccc(C)o2)cc1. The first-order valence-electron chi connectivity index (χ1n) is 10.0. The van der Waals surface area contributed by atoms with Crippen molar-refractivity contribution in [1.29, 1.82) is 0 Å². The Bertz CT molecular complexity index is 1170. The van der Waals surface area contributed by atoms with Crippen LogP contribution in [0, 0.1) is 6.92 Å². The molecule has 0 aliphatic carbocycles. The Morgan fingerprint density at radius 1 is 1.10 bits per heavy atom. The Morgan fingerprint density at radius 2 is 1.84 bits per heavy atom. The average molecular weight is 417 g/mol. The number of rotatable bonds is 5. The molecule has 1 amide bonds. The van der Waals surface area contributed by atoms with Crippen LogP contribution in [0.1, 0.15) is 35.6 Å². The molecule has 1 fully saturated rings. The van der Waals surface area contributed by atoms with Gasteiger partial charge in [0, 0.05) is 11.3 Å². The van der Waals surface area contributed by atoms with E-state index in [0.29, 0.717) is 28.5 Å². The van der Waals surface area contributed by atoms with Crippen LogP contribution in [0.25, 0.3) is 5.76 Å². The molecule has 0 saturated carbocycles. The van der Waals surface area contributed by atoms with Crippen LogP contribution >= 0.6 is 0 Å². The summed E-state index contributed by atoms with van der Waals surface area (Å²) in [5.74, 6) is -0.182. The van der Waals surface area contributed by atoms with E-state index in [2.05, 4.69) is 0 Å². The van der Waals surface area contributed by atoms with Crippen molar-refractivity contribution in [3.8, 4) is 5.75 Å². The molecule has 1 atom stereocenters. The largest absolute Gasteiger partial charge is 0.507 e. The lowest BCUT2D eigenvalue weighted by Gasteiger charge is -2.23. The van der Waals surface area contributed by atoms with Gasteiger partial charge in [-0.25, -0.2) is 0 Å². The molecule has 0 spiro atoms. The van der Waals surface area contributed by atoms with Crippen molar-refractivity contribution in [3.05, 3.63) is 88.9 Å². The van der Waals surface area contributed by atoms with Gasteiger partial charge in [0.05, 0.1) is 12.7 Å². The van der Waals surface area contributed by atoms with Crippen molar-refractivity contribution in [3.63, 3.8) is 0 Å². The standard InChI is InChI=1S/C25H23NO5/c1-4-16-9-11-18(12-10-16)26-22(20-13-8-15(2)31-20)21(24(28)25(26)29)23(27)17-6-5-7-19(14-17)30-3/h5-14,22,27H,4H2,1-3H3/b23-21-. The number of ketones is 1. The molecule has 6 nitrogen and oxygen atoms in total. The van der Waals surface area contributed by atoms with Gasteiger partial charge in [-0.2, -0.15) is 0 Å². The molecule has 1 saturated heterocycles. The second-order valence-electron chi connectivity index (χ2n) is 7.37. The van der Waals surface area contributed by atoms with E-state index in [1.165, 1.54) is 12.0 Å². The fraction of sp³-hybridized carbons (Fsp3) is 0.200. The molecule has 0 bridgehead atoms. The molecule has 31 heavy (non-hydrogen) atoms. The molecule has 158 valence electrons. The third-order valence-electron chi connectivity index (χ3n) is 5.44. The highest BCUT2D eigenvalue weighted by atomic mass is 16.5. The number of hydrogen-bond donors (Lipinski definition) is 1. The Labute approximate surface area is 180 Å². The molecule has 1 aliphatic heterocycles. The van der Waals surface area contributed by atoms with Crippen molar-refractivity contribution in [2.45, 2.75) is 26.3 Å². The number of ether oxygens (including phenoxy) is 1. The zero-order valence-electron chi connectivity index (χ0n) is 17.6. The highest BCUT2D eigenvalue weighted by molar-refractivity contribution is 6.51. The second-order valence-corrected chi connectivity index (χ2v) is 7.37. The van der Waals surface area contributed by atoms with Gasteiger partial charge in [0.1, 0.15) is 29.1 Å². The molecule has 1 unspecified atom stereocenters. The third-order valence-corrected chi connectivity index (χ3v) is 5.44. The molecular formula is C25H23NO5.